The van der Waals surface area contributed by atoms with Crippen molar-refractivity contribution in [2.45, 2.75) is 58.4 Å². The summed E-state index contributed by atoms with van der Waals surface area (Å²) in [7, 11) is 0. The van der Waals surface area contributed by atoms with Crippen LogP contribution in [0.15, 0.2) is 28.8 Å². The van der Waals surface area contributed by atoms with E-state index in [1.54, 1.807) is 29.2 Å². The van der Waals surface area contributed by atoms with Crippen molar-refractivity contribution in [3.05, 3.63) is 41.5 Å². The van der Waals surface area contributed by atoms with Gasteiger partial charge in [-0.2, -0.15) is 4.98 Å². The molecule has 1 aromatic heterocycles. The number of hydrogen-bond donors (Lipinski definition) is 1. The summed E-state index contributed by atoms with van der Waals surface area (Å²) in [5, 5.41) is 6.98. The van der Waals surface area contributed by atoms with Gasteiger partial charge in [-0.3, -0.25) is 9.59 Å². The van der Waals surface area contributed by atoms with Crippen molar-refractivity contribution < 1.29 is 14.1 Å². The molecule has 0 radical (unpaired) electrons. The Hall–Kier alpha value is -2.70. The Morgan fingerprint density at radius 2 is 1.81 bits per heavy atom. The number of rotatable bonds is 4. The van der Waals surface area contributed by atoms with Gasteiger partial charge < -0.3 is 14.7 Å². The van der Waals surface area contributed by atoms with Crippen LogP contribution in [0.1, 0.15) is 69.5 Å². The highest BCUT2D eigenvalue weighted by atomic mass is 16.5. The van der Waals surface area contributed by atoms with Crippen LogP contribution in [-0.4, -0.2) is 28.5 Å². The van der Waals surface area contributed by atoms with Gasteiger partial charge in [-0.1, -0.05) is 25.9 Å². The number of carbonyl (C=O) groups excluding carboxylic acids is 2. The van der Waals surface area contributed by atoms with E-state index in [1.165, 1.54) is 0 Å². The second-order valence-electron chi connectivity index (χ2n) is 8.45. The maximum atomic E-state index is 12.7. The molecule has 1 aromatic carbocycles. The fourth-order valence-corrected chi connectivity index (χ4v) is 2.91. The van der Waals surface area contributed by atoms with Crippen LogP contribution >= 0.6 is 0 Å². The fraction of sp³-hybridized carbons (Fsp3) is 0.500. The zero-order chi connectivity index (χ0) is 19.8. The molecule has 1 aliphatic heterocycles. The Labute approximate surface area is 159 Å². The van der Waals surface area contributed by atoms with E-state index >= 15 is 0 Å². The lowest BCUT2D eigenvalue weighted by atomic mass is 9.96. The molecule has 1 fully saturated rings. The average Bonchev–Trinajstić information content (AvgIpc) is 3.23. The number of benzene rings is 1. The van der Waals surface area contributed by atoms with Gasteiger partial charge in [0.2, 0.25) is 11.8 Å². The lowest BCUT2D eigenvalue weighted by molar-refractivity contribution is -0.117. The molecule has 0 saturated carbocycles. The topological polar surface area (TPSA) is 88.3 Å². The quantitative estimate of drug-likeness (QED) is 0.893. The second kappa shape index (κ2) is 6.79. The molecule has 2 heterocycles. The monoisotopic (exact) mass is 370 g/mol. The van der Waals surface area contributed by atoms with Gasteiger partial charge in [0.05, 0.1) is 5.54 Å². The van der Waals surface area contributed by atoms with E-state index in [1.807, 2.05) is 34.6 Å². The molecule has 7 nitrogen and oxygen atoms in total. The average molecular weight is 370 g/mol. The van der Waals surface area contributed by atoms with Gasteiger partial charge in [0.25, 0.3) is 5.91 Å². The predicted octanol–water partition coefficient (Wildman–Crippen LogP) is 3.16. The smallest absolute Gasteiger partial charge is 0.252 e. The van der Waals surface area contributed by atoms with Crippen LogP contribution in [0.4, 0.5) is 5.69 Å². The lowest BCUT2D eigenvalue weighted by Crippen LogP contribution is -2.42. The van der Waals surface area contributed by atoms with Gasteiger partial charge in [0.1, 0.15) is 0 Å². The molecule has 7 heteroatoms. The third-order valence-corrected chi connectivity index (χ3v) is 4.57. The van der Waals surface area contributed by atoms with E-state index in [9.17, 15) is 9.59 Å². The third-order valence-electron chi connectivity index (χ3n) is 4.57. The highest BCUT2D eigenvalue weighted by Gasteiger charge is 2.32. The molecular formula is C20H26N4O3. The summed E-state index contributed by atoms with van der Waals surface area (Å²) in [5.41, 5.74) is 0.293. The van der Waals surface area contributed by atoms with Gasteiger partial charge in [0.15, 0.2) is 5.82 Å². The predicted molar refractivity (Wildman–Crippen MR) is 102 cm³/mol. The summed E-state index contributed by atoms with van der Waals surface area (Å²) < 4.78 is 5.34. The first-order valence-electron chi connectivity index (χ1n) is 9.15. The number of carbonyl (C=O) groups is 2. The van der Waals surface area contributed by atoms with Crippen molar-refractivity contribution in [1.29, 1.82) is 0 Å². The van der Waals surface area contributed by atoms with Crippen molar-refractivity contribution in [2.75, 3.05) is 11.4 Å². The number of anilines is 1. The van der Waals surface area contributed by atoms with Crippen LogP contribution in [0.2, 0.25) is 0 Å². The van der Waals surface area contributed by atoms with Crippen LogP contribution in [0.3, 0.4) is 0 Å². The standard InChI is InChI=1S/C20H26N4O3/c1-19(2,3)18-21-17(23-27-18)20(4,5)22-16(26)13-8-10-14(11-9-13)24-12-6-7-15(24)25/h8-11H,6-7,12H2,1-5H3,(H,22,26). The molecule has 0 atom stereocenters. The highest BCUT2D eigenvalue weighted by molar-refractivity contribution is 5.97. The minimum Gasteiger partial charge on any atom is -0.340 e. The lowest BCUT2D eigenvalue weighted by Gasteiger charge is -2.23. The zero-order valence-corrected chi connectivity index (χ0v) is 16.5. The summed E-state index contributed by atoms with van der Waals surface area (Å²) in [5.74, 6) is 0.848. The Morgan fingerprint density at radius 1 is 1.15 bits per heavy atom. The first-order chi connectivity index (χ1) is 12.6. The van der Waals surface area contributed by atoms with Gasteiger partial charge >= 0.3 is 0 Å². The van der Waals surface area contributed by atoms with E-state index in [4.69, 9.17) is 4.52 Å². The fourth-order valence-electron chi connectivity index (χ4n) is 2.91. The first kappa shape index (κ1) is 19.1. The van der Waals surface area contributed by atoms with Crippen molar-refractivity contribution in [1.82, 2.24) is 15.5 Å². The number of nitrogens with zero attached hydrogens (tertiary/aromatic N) is 3. The summed E-state index contributed by atoms with van der Waals surface area (Å²) in [6.45, 7) is 10.4. The van der Waals surface area contributed by atoms with E-state index in [0.29, 0.717) is 23.7 Å². The largest absolute Gasteiger partial charge is 0.340 e. The molecule has 2 amide bonds. The minimum atomic E-state index is -0.784. The summed E-state index contributed by atoms with van der Waals surface area (Å²) >= 11 is 0. The Bertz CT molecular complexity index is 847. The van der Waals surface area contributed by atoms with Crippen LogP contribution < -0.4 is 10.2 Å². The molecule has 0 spiro atoms. The maximum Gasteiger partial charge on any atom is 0.252 e. The Morgan fingerprint density at radius 3 is 2.33 bits per heavy atom. The summed E-state index contributed by atoms with van der Waals surface area (Å²) in [6, 6.07) is 7.06. The molecule has 2 aromatic rings. The third kappa shape index (κ3) is 4.02. The van der Waals surface area contributed by atoms with Crippen LogP contribution in [-0.2, 0) is 15.7 Å². The van der Waals surface area contributed by atoms with Gasteiger partial charge in [-0.25, -0.2) is 0 Å². The maximum absolute atomic E-state index is 12.7. The van der Waals surface area contributed by atoms with E-state index in [0.717, 1.165) is 18.7 Å². The second-order valence-corrected chi connectivity index (χ2v) is 8.45. The van der Waals surface area contributed by atoms with Crippen molar-refractivity contribution >= 4 is 17.5 Å². The van der Waals surface area contributed by atoms with Crippen molar-refractivity contribution in [2.24, 2.45) is 0 Å². The summed E-state index contributed by atoms with van der Waals surface area (Å²) in [6.07, 6.45) is 1.45. The molecule has 1 saturated heterocycles. The zero-order valence-electron chi connectivity index (χ0n) is 16.5. The minimum absolute atomic E-state index is 0.125. The van der Waals surface area contributed by atoms with E-state index < -0.39 is 5.54 Å². The van der Waals surface area contributed by atoms with E-state index in [2.05, 4.69) is 15.5 Å². The summed E-state index contributed by atoms with van der Waals surface area (Å²) in [4.78, 5) is 30.7. The Kier molecular flexibility index (Phi) is 4.80. The SMILES string of the molecule is CC(C)(C)c1nc(C(C)(C)NC(=O)c2ccc(N3CCCC3=O)cc2)no1. The number of amides is 2. The highest BCUT2D eigenvalue weighted by Crippen LogP contribution is 2.25. The van der Waals surface area contributed by atoms with Crippen LogP contribution in [0, 0.1) is 0 Å². The molecule has 0 bridgehead atoms. The van der Waals surface area contributed by atoms with Crippen LogP contribution in [0.5, 0.6) is 0 Å². The number of aromatic nitrogens is 2. The van der Waals surface area contributed by atoms with Gasteiger partial charge in [0, 0.05) is 29.6 Å². The van der Waals surface area contributed by atoms with E-state index in [-0.39, 0.29) is 17.2 Å². The first-order valence-corrected chi connectivity index (χ1v) is 9.15. The Balaban J connectivity index is 1.72. The molecule has 1 aliphatic rings. The van der Waals surface area contributed by atoms with Crippen molar-refractivity contribution in [3.8, 4) is 0 Å². The number of nitrogens with one attached hydrogen (secondary N) is 1. The van der Waals surface area contributed by atoms with Crippen molar-refractivity contribution in [3.63, 3.8) is 0 Å². The van der Waals surface area contributed by atoms with Gasteiger partial charge in [-0.05, 0) is 44.5 Å². The molecule has 3 rings (SSSR count). The van der Waals surface area contributed by atoms with Gasteiger partial charge in [-0.15, -0.1) is 0 Å². The molecule has 144 valence electrons. The normalized spacial score (nSPS) is 15.3. The molecule has 0 unspecified atom stereocenters. The molecule has 27 heavy (non-hydrogen) atoms. The number of hydrogen-bond acceptors (Lipinski definition) is 5. The molecular weight excluding hydrogens is 344 g/mol. The molecule has 0 aliphatic carbocycles. The molecule has 1 N–H and O–H groups in total. The van der Waals surface area contributed by atoms with Crippen LogP contribution in [0.25, 0.3) is 0 Å².